The van der Waals surface area contributed by atoms with Gasteiger partial charge >= 0.3 is 5.97 Å². The molecule has 0 aromatic carbocycles. The summed E-state index contributed by atoms with van der Waals surface area (Å²) < 4.78 is 12.4. The quantitative estimate of drug-likeness (QED) is 0.454. The van der Waals surface area contributed by atoms with E-state index in [1.54, 1.807) is 0 Å². The number of fused-ring (bicyclic) bond motifs is 2. The average molecular weight is 377 g/mol. The Morgan fingerprint density at radius 1 is 1.22 bits per heavy atom. The van der Waals surface area contributed by atoms with Crippen LogP contribution in [0.2, 0.25) is 0 Å². The molecule has 152 valence electrons. The van der Waals surface area contributed by atoms with Gasteiger partial charge in [-0.05, 0) is 51.1 Å². The fourth-order valence-electron chi connectivity index (χ4n) is 7.14. The molecule has 5 aliphatic rings. The maximum atomic E-state index is 12.7. The number of esters is 1. The van der Waals surface area contributed by atoms with Gasteiger partial charge in [0, 0.05) is 31.0 Å². The summed E-state index contributed by atoms with van der Waals surface area (Å²) in [6.07, 6.45) is 9.09. The van der Waals surface area contributed by atoms with Gasteiger partial charge in [0.1, 0.15) is 11.7 Å². The van der Waals surface area contributed by atoms with Crippen LogP contribution in [0.4, 0.5) is 0 Å². The zero-order valence-corrected chi connectivity index (χ0v) is 17.0. The number of ether oxygens (including phenoxy) is 2. The molecular formula is C22H36N2O3. The third-order valence-corrected chi connectivity index (χ3v) is 8.61. The van der Waals surface area contributed by atoms with Crippen molar-refractivity contribution in [1.82, 2.24) is 10.2 Å². The molecule has 5 heteroatoms. The summed E-state index contributed by atoms with van der Waals surface area (Å²) in [7, 11) is 0. The highest BCUT2D eigenvalue weighted by Gasteiger charge is 2.78. The summed E-state index contributed by atoms with van der Waals surface area (Å²) in [5.74, 6) is 0.842. The highest BCUT2D eigenvalue weighted by Crippen LogP contribution is 2.70. The normalized spacial score (nSPS) is 49.1. The lowest BCUT2D eigenvalue weighted by Gasteiger charge is -2.48. The molecule has 0 unspecified atom stereocenters. The lowest BCUT2D eigenvalue weighted by Crippen LogP contribution is -2.54. The Labute approximate surface area is 163 Å². The fourth-order valence-corrected chi connectivity index (χ4v) is 7.14. The molecule has 2 saturated carbocycles. The number of epoxide rings is 1. The highest BCUT2D eigenvalue weighted by atomic mass is 16.6. The second kappa shape index (κ2) is 6.70. The predicted octanol–water partition coefficient (Wildman–Crippen LogP) is 2.59. The van der Waals surface area contributed by atoms with Crippen LogP contribution in [-0.2, 0) is 14.3 Å². The third-order valence-electron chi connectivity index (χ3n) is 8.61. The van der Waals surface area contributed by atoms with Crippen molar-refractivity contribution in [1.29, 1.82) is 0 Å². The zero-order valence-electron chi connectivity index (χ0n) is 17.0. The molecule has 1 N–H and O–H groups in total. The summed E-state index contributed by atoms with van der Waals surface area (Å²) in [5.41, 5.74) is 0.208. The molecule has 3 heterocycles. The van der Waals surface area contributed by atoms with Gasteiger partial charge in [-0.3, -0.25) is 4.79 Å². The summed E-state index contributed by atoms with van der Waals surface area (Å²) in [6.45, 7) is 10.0. The van der Waals surface area contributed by atoms with E-state index in [1.165, 1.54) is 51.6 Å². The highest BCUT2D eigenvalue weighted by molar-refractivity contribution is 5.76. The number of carbonyl (C=O) groups is 1. The molecule has 2 aliphatic carbocycles. The van der Waals surface area contributed by atoms with Gasteiger partial charge in [0.25, 0.3) is 0 Å². The van der Waals surface area contributed by atoms with Crippen LogP contribution in [0.15, 0.2) is 0 Å². The van der Waals surface area contributed by atoms with Crippen LogP contribution in [0.25, 0.3) is 0 Å². The monoisotopic (exact) mass is 376 g/mol. The van der Waals surface area contributed by atoms with Gasteiger partial charge in [-0.15, -0.1) is 0 Å². The topological polar surface area (TPSA) is 54.1 Å². The van der Waals surface area contributed by atoms with Crippen molar-refractivity contribution in [2.75, 3.05) is 32.7 Å². The van der Waals surface area contributed by atoms with Crippen molar-refractivity contribution in [2.24, 2.45) is 23.2 Å². The van der Waals surface area contributed by atoms with Crippen LogP contribution in [-0.4, -0.2) is 61.4 Å². The van der Waals surface area contributed by atoms with E-state index in [-0.39, 0.29) is 41.0 Å². The van der Waals surface area contributed by atoms with Crippen molar-refractivity contribution < 1.29 is 14.3 Å². The number of hydrogen-bond donors (Lipinski definition) is 1. The molecule has 5 rings (SSSR count). The van der Waals surface area contributed by atoms with E-state index in [0.717, 1.165) is 26.1 Å². The second-order valence-corrected chi connectivity index (χ2v) is 10.2. The summed E-state index contributed by atoms with van der Waals surface area (Å²) in [6, 6.07) is 0. The van der Waals surface area contributed by atoms with Crippen LogP contribution in [0, 0.1) is 23.2 Å². The van der Waals surface area contributed by atoms with Crippen LogP contribution in [0.3, 0.4) is 0 Å². The number of likely N-dealkylation sites (tertiary alicyclic amines) is 1. The van der Waals surface area contributed by atoms with Gasteiger partial charge in [0.2, 0.25) is 0 Å². The fraction of sp³-hybridized carbons (Fsp3) is 0.955. The summed E-state index contributed by atoms with van der Waals surface area (Å²) in [4.78, 5) is 15.2. The Morgan fingerprint density at radius 3 is 2.85 bits per heavy atom. The maximum Gasteiger partial charge on any atom is 0.311 e. The first-order chi connectivity index (χ1) is 13.1. The molecule has 0 bridgehead atoms. The van der Waals surface area contributed by atoms with Crippen LogP contribution >= 0.6 is 0 Å². The van der Waals surface area contributed by atoms with Gasteiger partial charge in [-0.2, -0.15) is 0 Å². The molecule has 27 heavy (non-hydrogen) atoms. The number of rotatable bonds is 5. The summed E-state index contributed by atoms with van der Waals surface area (Å²) in [5, 5.41) is 3.57. The molecule has 3 aliphatic heterocycles. The van der Waals surface area contributed by atoms with E-state index in [9.17, 15) is 4.79 Å². The van der Waals surface area contributed by atoms with E-state index in [1.807, 2.05) is 0 Å². The molecule has 0 amide bonds. The maximum absolute atomic E-state index is 12.7. The van der Waals surface area contributed by atoms with Crippen molar-refractivity contribution in [3.05, 3.63) is 0 Å². The van der Waals surface area contributed by atoms with Gasteiger partial charge in [0.15, 0.2) is 0 Å². The SMILES string of the molecule is C[C@@H]1CCC[C@]2(C)C[C@H]3OC(=O)[C@@H](CNCCN4CCCCC4)[C@H]3[C@@H]3O[C@@]132. The Kier molecular flexibility index (Phi) is 4.56. The smallest absolute Gasteiger partial charge is 0.311 e. The van der Waals surface area contributed by atoms with E-state index in [2.05, 4.69) is 24.1 Å². The third kappa shape index (κ3) is 2.79. The van der Waals surface area contributed by atoms with E-state index >= 15 is 0 Å². The predicted molar refractivity (Wildman–Crippen MR) is 103 cm³/mol. The largest absolute Gasteiger partial charge is 0.462 e. The number of nitrogens with zero attached hydrogens (tertiary/aromatic N) is 1. The Morgan fingerprint density at radius 2 is 2.04 bits per heavy atom. The number of piperidine rings is 1. The molecule has 0 aromatic heterocycles. The molecule has 0 radical (unpaired) electrons. The van der Waals surface area contributed by atoms with Crippen molar-refractivity contribution in [2.45, 2.75) is 76.6 Å². The van der Waals surface area contributed by atoms with Gasteiger partial charge in [-0.1, -0.05) is 26.7 Å². The molecule has 7 atom stereocenters. The Balaban J connectivity index is 1.21. The lowest BCUT2D eigenvalue weighted by atomic mass is 9.53. The van der Waals surface area contributed by atoms with Crippen LogP contribution in [0.1, 0.15) is 58.8 Å². The summed E-state index contributed by atoms with van der Waals surface area (Å²) >= 11 is 0. The van der Waals surface area contributed by atoms with E-state index < -0.39 is 0 Å². The first-order valence-corrected chi connectivity index (χ1v) is 11.4. The number of carbonyl (C=O) groups excluding carboxylic acids is 1. The van der Waals surface area contributed by atoms with Crippen molar-refractivity contribution in [3.8, 4) is 0 Å². The first kappa shape index (κ1) is 18.4. The Hall–Kier alpha value is -0.650. The van der Waals surface area contributed by atoms with Crippen LogP contribution < -0.4 is 5.32 Å². The van der Waals surface area contributed by atoms with Gasteiger partial charge < -0.3 is 19.7 Å². The second-order valence-electron chi connectivity index (χ2n) is 10.2. The van der Waals surface area contributed by atoms with Crippen LogP contribution in [0.5, 0.6) is 0 Å². The molecule has 3 saturated heterocycles. The standard InChI is InChI=1S/C22H36N2O3/c1-15-7-6-8-21(2)13-17-18(19-22(15,21)27-19)16(20(25)26-17)14-23-9-12-24-10-4-3-5-11-24/h15-19,23H,3-14H2,1-2H3/t15-,16+,17-,18-,19+,21-,22+/m1/s1. The van der Waals surface area contributed by atoms with Crippen molar-refractivity contribution in [3.63, 3.8) is 0 Å². The average Bonchev–Trinajstić information content (AvgIpc) is 3.34. The molecule has 0 aromatic rings. The zero-order chi connectivity index (χ0) is 18.6. The minimum atomic E-state index is -0.0283. The molecule has 5 fully saturated rings. The Bertz CT molecular complexity index is 592. The van der Waals surface area contributed by atoms with Gasteiger partial charge in [-0.25, -0.2) is 0 Å². The minimum absolute atomic E-state index is 0.0102. The van der Waals surface area contributed by atoms with E-state index in [0.29, 0.717) is 5.92 Å². The minimum Gasteiger partial charge on any atom is -0.462 e. The molecular weight excluding hydrogens is 340 g/mol. The lowest BCUT2D eigenvalue weighted by molar-refractivity contribution is -0.146. The number of hydrogen-bond acceptors (Lipinski definition) is 5. The van der Waals surface area contributed by atoms with E-state index in [4.69, 9.17) is 9.47 Å². The number of nitrogens with one attached hydrogen (secondary N) is 1. The molecule has 5 nitrogen and oxygen atoms in total. The van der Waals surface area contributed by atoms with Crippen molar-refractivity contribution >= 4 is 5.97 Å². The molecule has 1 spiro atoms. The van der Waals surface area contributed by atoms with Gasteiger partial charge in [0.05, 0.1) is 12.0 Å². The first-order valence-electron chi connectivity index (χ1n) is 11.4.